The van der Waals surface area contributed by atoms with Gasteiger partial charge in [-0.1, -0.05) is 37.5 Å². The van der Waals surface area contributed by atoms with Crippen LogP contribution in [0.25, 0.3) is 11.3 Å². The monoisotopic (exact) mass is 452 g/mol. The largest absolute Gasteiger partial charge is 0.416 e. The first-order chi connectivity index (χ1) is 15.2. The van der Waals surface area contributed by atoms with Crippen molar-refractivity contribution < 1.29 is 22.0 Å². The van der Waals surface area contributed by atoms with Crippen molar-refractivity contribution in [1.82, 2.24) is 19.6 Å². The Kier molecular flexibility index (Phi) is 6.12. The lowest BCUT2D eigenvalue weighted by atomic mass is 9.84. The standard InChI is InChI=1S/C22H21F5N4O/c23-21(24)31-13-16(11-28-31)19-10-17(14-6-2-1-3-7-14)20(32)30(29-19)12-15-8-4-5-9-18(15)22(25,26)27/h4-5,8-11,13-14,21H,1-3,6-7,12H2. The summed E-state index contributed by atoms with van der Waals surface area (Å²) in [5, 5.41) is 7.84. The lowest BCUT2D eigenvalue weighted by molar-refractivity contribution is -0.138. The molecule has 5 nitrogen and oxygen atoms in total. The second-order valence-electron chi connectivity index (χ2n) is 7.92. The molecule has 2 heterocycles. The van der Waals surface area contributed by atoms with Crippen LogP contribution in [0.5, 0.6) is 0 Å². The average molecular weight is 452 g/mol. The van der Waals surface area contributed by atoms with Gasteiger partial charge in [-0.25, -0.2) is 9.36 Å². The van der Waals surface area contributed by atoms with Crippen LogP contribution in [-0.2, 0) is 12.7 Å². The van der Waals surface area contributed by atoms with E-state index in [-0.39, 0.29) is 29.3 Å². The molecule has 0 radical (unpaired) electrons. The number of halogens is 5. The Morgan fingerprint density at radius 3 is 2.47 bits per heavy atom. The maximum atomic E-state index is 13.5. The molecule has 0 aliphatic heterocycles. The predicted molar refractivity (Wildman–Crippen MR) is 107 cm³/mol. The first kappa shape index (κ1) is 22.2. The SMILES string of the molecule is O=c1c(C2CCCCC2)cc(-c2cnn(C(F)F)c2)nn1Cc1ccccc1C(F)(F)F. The number of nitrogens with zero attached hydrogens (tertiary/aromatic N) is 4. The third-order valence-corrected chi connectivity index (χ3v) is 5.79. The molecule has 1 aromatic carbocycles. The molecule has 0 N–H and O–H groups in total. The molecular weight excluding hydrogens is 431 g/mol. The van der Waals surface area contributed by atoms with Gasteiger partial charge >= 0.3 is 12.7 Å². The minimum absolute atomic E-state index is 0.0488. The Bertz CT molecular complexity index is 1150. The van der Waals surface area contributed by atoms with E-state index in [1.54, 1.807) is 6.07 Å². The Morgan fingerprint density at radius 2 is 1.81 bits per heavy atom. The molecule has 0 spiro atoms. The molecule has 170 valence electrons. The van der Waals surface area contributed by atoms with Gasteiger partial charge in [-0.3, -0.25) is 4.79 Å². The molecule has 10 heteroatoms. The van der Waals surface area contributed by atoms with Crippen LogP contribution in [0.4, 0.5) is 22.0 Å². The van der Waals surface area contributed by atoms with Gasteiger partial charge in [0, 0.05) is 17.3 Å². The summed E-state index contributed by atoms with van der Waals surface area (Å²) in [7, 11) is 0. The van der Waals surface area contributed by atoms with Crippen molar-refractivity contribution >= 4 is 0 Å². The summed E-state index contributed by atoms with van der Waals surface area (Å²) in [6.45, 7) is -3.23. The third-order valence-electron chi connectivity index (χ3n) is 5.79. The number of hydrogen-bond acceptors (Lipinski definition) is 3. The van der Waals surface area contributed by atoms with E-state index in [0.717, 1.165) is 49.0 Å². The summed E-state index contributed by atoms with van der Waals surface area (Å²) in [5.74, 6) is -0.0488. The van der Waals surface area contributed by atoms with Gasteiger partial charge in [0.15, 0.2) is 0 Å². The van der Waals surface area contributed by atoms with Crippen molar-refractivity contribution in [3.63, 3.8) is 0 Å². The third kappa shape index (κ3) is 4.58. The molecule has 4 rings (SSSR count). The highest BCUT2D eigenvalue weighted by Crippen LogP contribution is 2.34. The summed E-state index contributed by atoms with van der Waals surface area (Å²) in [4.78, 5) is 13.2. The molecule has 0 saturated heterocycles. The van der Waals surface area contributed by atoms with Crippen molar-refractivity contribution in [2.75, 3.05) is 0 Å². The number of alkyl halides is 5. The summed E-state index contributed by atoms with van der Waals surface area (Å²) < 4.78 is 67.8. The fraction of sp³-hybridized carbons (Fsp3) is 0.409. The topological polar surface area (TPSA) is 52.7 Å². The number of aromatic nitrogens is 4. The molecule has 1 fully saturated rings. The van der Waals surface area contributed by atoms with Crippen molar-refractivity contribution in [2.24, 2.45) is 0 Å². The van der Waals surface area contributed by atoms with Crippen LogP contribution < -0.4 is 5.56 Å². The van der Waals surface area contributed by atoms with E-state index < -0.39 is 23.8 Å². The first-order valence-corrected chi connectivity index (χ1v) is 10.3. The zero-order valence-electron chi connectivity index (χ0n) is 17.0. The van der Waals surface area contributed by atoms with Gasteiger partial charge in [0.2, 0.25) is 0 Å². The zero-order valence-corrected chi connectivity index (χ0v) is 17.0. The smallest absolute Gasteiger partial charge is 0.267 e. The quantitative estimate of drug-likeness (QED) is 0.473. The Labute approximate surface area is 180 Å². The van der Waals surface area contributed by atoms with Crippen LogP contribution in [0.2, 0.25) is 0 Å². The van der Waals surface area contributed by atoms with Crippen LogP contribution in [0, 0.1) is 0 Å². The first-order valence-electron chi connectivity index (χ1n) is 10.3. The fourth-order valence-corrected chi connectivity index (χ4v) is 4.19. The van der Waals surface area contributed by atoms with E-state index in [2.05, 4.69) is 10.2 Å². The normalized spacial score (nSPS) is 15.4. The number of rotatable bonds is 5. The lowest BCUT2D eigenvalue weighted by Crippen LogP contribution is -2.30. The molecule has 1 aliphatic rings. The van der Waals surface area contributed by atoms with Gasteiger partial charge in [-0.15, -0.1) is 0 Å². The van der Waals surface area contributed by atoms with Crippen molar-refractivity contribution in [3.05, 3.63) is 69.8 Å². The molecule has 3 aromatic rings. The van der Waals surface area contributed by atoms with E-state index in [4.69, 9.17) is 0 Å². The highest BCUT2D eigenvalue weighted by molar-refractivity contribution is 5.57. The lowest BCUT2D eigenvalue weighted by Gasteiger charge is -2.22. The van der Waals surface area contributed by atoms with Crippen molar-refractivity contribution in [3.8, 4) is 11.3 Å². The Morgan fingerprint density at radius 1 is 1.09 bits per heavy atom. The second-order valence-corrected chi connectivity index (χ2v) is 7.92. The van der Waals surface area contributed by atoms with E-state index >= 15 is 0 Å². The fourth-order valence-electron chi connectivity index (χ4n) is 4.19. The molecule has 0 atom stereocenters. The summed E-state index contributed by atoms with van der Waals surface area (Å²) in [6, 6.07) is 6.58. The van der Waals surface area contributed by atoms with Crippen LogP contribution in [0.15, 0.2) is 47.5 Å². The highest BCUT2D eigenvalue weighted by Gasteiger charge is 2.33. The molecule has 1 saturated carbocycles. The Balaban J connectivity index is 1.82. The van der Waals surface area contributed by atoms with E-state index in [0.29, 0.717) is 10.2 Å². The number of benzene rings is 1. The van der Waals surface area contributed by atoms with E-state index in [1.807, 2.05) is 0 Å². The number of hydrogen-bond donors (Lipinski definition) is 0. The summed E-state index contributed by atoms with van der Waals surface area (Å²) in [5.41, 5.74) is -0.460. The molecule has 32 heavy (non-hydrogen) atoms. The van der Waals surface area contributed by atoms with Crippen LogP contribution in [-0.4, -0.2) is 19.6 Å². The van der Waals surface area contributed by atoms with Crippen molar-refractivity contribution in [1.29, 1.82) is 0 Å². The van der Waals surface area contributed by atoms with Crippen LogP contribution in [0.1, 0.15) is 61.3 Å². The van der Waals surface area contributed by atoms with Gasteiger partial charge in [-0.05, 0) is 36.5 Å². The molecular formula is C22H21F5N4O. The average Bonchev–Trinajstić information content (AvgIpc) is 3.26. The summed E-state index contributed by atoms with van der Waals surface area (Å²) in [6.07, 6.45) is 2.26. The Hall–Kier alpha value is -3.04. The predicted octanol–water partition coefficient (Wildman–Crippen LogP) is 5.62. The van der Waals surface area contributed by atoms with Crippen LogP contribution in [0.3, 0.4) is 0 Å². The van der Waals surface area contributed by atoms with Crippen LogP contribution >= 0.6 is 0 Å². The highest BCUT2D eigenvalue weighted by atomic mass is 19.4. The van der Waals surface area contributed by atoms with Gasteiger partial charge in [0.25, 0.3) is 5.56 Å². The van der Waals surface area contributed by atoms with Gasteiger partial charge in [0.1, 0.15) is 0 Å². The molecule has 0 amide bonds. The zero-order chi connectivity index (χ0) is 22.9. The second kappa shape index (κ2) is 8.84. The van der Waals surface area contributed by atoms with E-state index in [1.165, 1.54) is 24.4 Å². The minimum Gasteiger partial charge on any atom is -0.267 e. The molecule has 2 aromatic heterocycles. The van der Waals surface area contributed by atoms with Crippen molar-refractivity contribution in [2.45, 2.75) is 57.3 Å². The molecule has 0 bridgehead atoms. The van der Waals surface area contributed by atoms with Gasteiger partial charge in [-0.2, -0.15) is 32.1 Å². The summed E-state index contributed by atoms with van der Waals surface area (Å²) >= 11 is 0. The van der Waals surface area contributed by atoms with E-state index in [9.17, 15) is 26.7 Å². The molecule has 1 aliphatic carbocycles. The maximum absolute atomic E-state index is 13.5. The van der Waals surface area contributed by atoms with Gasteiger partial charge < -0.3 is 0 Å². The van der Waals surface area contributed by atoms with Gasteiger partial charge in [0.05, 0.1) is 24.0 Å². The minimum atomic E-state index is -4.58. The molecule has 0 unspecified atom stereocenters. The maximum Gasteiger partial charge on any atom is 0.416 e.